The SMILES string of the molecule is Cc1cccc(C)c1-c1cc2nc(n1)NS(=O)(=O)c1cccc(c1)C(=O)N(C)C[C@H](c1ccc(C(C)(C)C)cc1)O2. The number of amides is 1. The number of fused-ring (bicyclic) bond motifs is 4. The number of nitrogens with one attached hydrogen (secondary N) is 1. The number of likely N-dealkylation sites (N-methyl/N-ethyl adjacent to an activating group) is 1. The highest BCUT2D eigenvalue weighted by molar-refractivity contribution is 7.92. The van der Waals surface area contributed by atoms with Crippen LogP contribution in [0.5, 0.6) is 5.88 Å². The minimum atomic E-state index is -4.10. The Labute approximate surface area is 241 Å². The molecule has 0 fully saturated rings. The molecule has 0 aliphatic carbocycles. The monoisotopic (exact) mass is 570 g/mol. The smallest absolute Gasteiger partial charge is 0.264 e. The predicted octanol–water partition coefficient (Wildman–Crippen LogP) is 6.06. The summed E-state index contributed by atoms with van der Waals surface area (Å²) in [4.78, 5) is 23.9. The second-order valence-electron chi connectivity index (χ2n) is 11.5. The van der Waals surface area contributed by atoms with Crippen molar-refractivity contribution in [3.8, 4) is 17.1 Å². The number of aromatic nitrogens is 2. The lowest BCUT2D eigenvalue weighted by Crippen LogP contribution is -2.33. The first kappa shape index (κ1) is 28.3. The maximum absolute atomic E-state index is 13.4. The molecule has 1 aliphatic heterocycles. The van der Waals surface area contributed by atoms with E-state index in [-0.39, 0.29) is 40.2 Å². The van der Waals surface area contributed by atoms with E-state index in [0.717, 1.165) is 22.3 Å². The van der Waals surface area contributed by atoms with Crippen LogP contribution >= 0.6 is 0 Å². The molecular formula is C32H34N4O4S. The van der Waals surface area contributed by atoms with Crippen LogP contribution in [-0.4, -0.2) is 42.8 Å². The summed E-state index contributed by atoms with van der Waals surface area (Å²) in [5.41, 5.74) is 5.60. The molecule has 0 spiro atoms. The van der Waals surface area contributed by atoms with Crippen molar-refractivity contribution in [3.05, 3.63) is 101 Å². The van der Waals surface area contributed by atoms with Crippen LogP contribution in [0.25, 0.3) is 11.3 Å². The van der Waals surface area contributed by atoms with Gasteiger partial charge in [0, 0.05) is 24.2 Å². The van der Waals surface area contributed by atoms with Crippen molar-refractivity contribution in [1.29, 1.82) is 0 Å². The predicted molar refractivity (Wildman–Crippen MR) is 160 cm³/mol. The summed E-state index contributed by atoms with van der Waals surface area (Å²) >= 11 is 0. The van der Waals surface area contributed by atoms with Crippen molar-refractivity contribution in [2.75, 3.05) is 18.3 Å². The average molecular weight is 571 g/mol. The number of carbonyl (C=O) groups is 1. The van der Waals surface area contributed by atoms with Gasteiger partial charge in [-0.2, -0.15) is 4.98 Å². The first-order valence-corrected chi connectivity index (χ1v) is 14.9. The van der Waals surface area contributed by atoms with Crippen molar-refractivity contribution in [2.24, 2.45) is 0 Å². The molecule has 1 amide bonds. The molecule has 0 saturated heterocycles. The molecule has 5 rings (SSSR count). The Bertz CT molecular complexity index is 1710. The normalized spacial score (nSPS) is 17.0. The highest BCUT2D eigenvalue weighted by Crippen LogP contribution is 2.32. The van der Waals surface area contributed by atoms with Crippen LogP contribution in [0.2, 0.25) is 0 Å². The van der Waals surface area contributed by atoms with Gasteiger partial charge in [-0.15, -0.1) is 0 Å². The van der Waals surface area contributed by atoms with E-state index >= 15 is 0 Å². The van der Waals surface area contributed by atoms with Gasteiger partial charge in [0.1, 0.15) is 6.10 Å². The second-order valence-corrected chi connectivity index (χ2v) is 13.2. The molecule has 41 heavy (non-hydrogen) atoms. The number of carbonyl (C=O) groups excluding carboxylic acids is 1. The molecule has 4 aromatic rings. The molecular weight excluding hydrogens is 536 g/mol. The summed E-state index contributed by atoms with van der Waals surface area (Å²) in [7, 11) is -2.43. The topological polar surface area (TPSA) is 101 Å². The van der Waals surface area contributed by atoms with Gasteiger partial charge in [0.15, 0.2) is 0 Å². The molecule has 0 radical (unpaired) electrons. The fourth-order valence-electron chi connectivity index (χ4n) is 4.96. The highest BCUT2D eigenvalue weighted by atomic mass is 32.2. The zero-order chi connectivity index (χ0) is 29.5. The van der Waals surface area contributed by atoms with E-state index in [0.29, 0.717) is 5.69 Å². The van der Waals surface area contributed by atoms with Gasteiger partial charge in [-0.05, 0) is 59.7 Å². The van der Waals surface area contributed by atoms with Gasteiger partial charge in [0.25, 0.3) is 15.9 Å². The van der Waals surface area contributed by atoms with E-state index in [4.69, 9.17) is 4.74 Å². The number of rotatable bonds is 2. The third kappa shape index (κ3) is 5.95. The highest BCUT2D eigenvalue weighted by Gasteiger charge is 2.26. The summed E-state index contributed by atoms with van der Waals surface area (Å²) in [5, 5.41) is 0. The summed E-state index contributed by atoms with van der Waals surface area (Å²) in [6.45, 7) is 10.6. The van der Waals surface area contributed by atoms with Gasteiger partial charge >= 0.3 is 0 Å². The third-order valence-corrected chi connectivity index (χ3v) is 8.58. The zero-order valence-corrected chi connectivity index (χ0v) is 24.9. The Morgan fingerprint density at radius 2 is 1.59 bits per heavy atom. The first-order chi connectivity index (χ1) is 19.3. The second kappa shape index (κ2) is 10.6. The minimum absolute atomic E-state index is 0.0269. The number of ether oxygens (including phenoxy) is 1. The fraction of sp³-hybridized carbons (Fsp3) is 0.281. The molecule has 1 aromatic heterocycles. The maximum Gasteiger partial charge on any atom is 0.264 e. The Kier molecular flexibility index (Phi) is 7.33. The first-order valence-electron chi connectivity index (χ1n) is 13.4. The van der Waals surface area contributed by atoms with Crippen LogP contribution in [0.4, 0.5) is 5.95 Å². The van der Waals surface area contributed by atoms with E-state index in [9.17, 15) is 13.2 Å². The molecule has 9 heteroatoms. The minimum Gasteiger partial charge on any atom is -0.467 e. The molecule has 3 aromatic carbocycles. The van der Waals surface area contributed by atoms with E-state index in [1.807, 2.05) is 44.2 Å². The van der Waals surface area contributed by atoms with Gasteiger partial charge in [-0.3, -0.25) is 4.79 Å². The number of hydrogen-bond donors (Lipinski definition) is 1. The van der Waals surface area contributed by atoms with Crippen LogP contribution in [0.1, 0.15) is 59.5 Å². The van der Waals surface area contributed by atoms with Gasteiger partial charge in [0.05, 0.1) is 17.1 Å². The number of aryl methyl sites for hydroxylation is 2. The van der Waals surface area contributed by atoms with Crippen molar-refractivity contribution < 1.29 is 17.9 Å². The summed E-state index contributed by atoms with van der Waals surface area (Å²) in [6, 6.07) is 21.7. The van der Waals surface area contributed by atoms with Crippen molar-refractivity contribution in [1.82, 2.24) is 14.9 Å². The van der Waals surface area contributed by atoms with Crippen molar-refractivity contribution in [3.63, 3.8) is 0 Å². The molecule has 8 nitrogen and oxygen atoms in total. The molecule has 2 heterocycles. The Morgan fingerprint density at radius 1 is 0.927 bits per heavy atom. The summed E-state index contributed by atoms with van der Waals surface area (Å²) in [5.74, 6) is -0.256. The van der Waals surface area contributed by atoms with E-state index in [1.54, 1.807) is 25.2 Å². The largest absolute Gasteiger partial charge is 0.467 e. The average Bonchev–Trinajstić information content (AvgIpc) is 2.91. The molecule has 212 valence electrons. The fourth-order valence-corrected chi connectivity index (χ4v) is 5.95. The number of sulfonamides is 1. The Hall–Kier alpha value is -4.24. The van der Waals surface area contributed by atoms with Crippen LogP contribution in [0, 0.1) is 13.8 Å². The van der Waals surface area contributed by atoms with Crippen molar-refractivity contribution in [2.45, 2.75) is 51.0 Å². The van der Waals surface area contributed by atoms with E-state index in [1.165, 1.54) is 22.6 Å². The Morgan fingerprint density at radius 3 is 2.24 bits per heavy atom. The maximum atomic E-state index is 13.4. The zero-order valence-electron chi connectivity index (χ0n) is 24.1. The van der Waals surface area contributed by atoms with E-state index < -0.39 is 16.1 Å². The number of benzene rings is 3. The third-order valence-electron chi connectivity index (χ3n) is 7.25. The molecule has 1 atom stereocenters. The lowest BCUT2D eigenvalue weighted by atomic mass is 9.86. The van der Waals surface area contributed by atoms with Gasteiger partial charge in [0.2, 0.25) is 11.8 Å². The number of hydrogen-bond acceptors (Lipinski definition) is 6. The van der Waals surface area contributed by atoms with Gasteiger partial charge in [-0.1, -0.05) is 69.3 Å². The van der Waals surface area contributed by atoms with Gasteiger partial charge in [-0.25, -0.2) is 18.1 Å². The molecule has 1 N–H and O–H groups in total. The lowest BCUT2D eigenvalue weighted by molar-refractivity contribution is 0.0706. The molecule has 1 aliphatic rings. The number of anilines is 1. The Balaban J connectivity index is 1.69. The van der Waals surface area contributed by atoms with Gasteiger partial charge < -0.3 is 9.64 Å². The van der Waals surface area contributed by atoms with Crippen LogP contribution in [-0.2, 0) is 15.4 Å². The number of nitrogens with zero attached hydrogens (tertiary/aromatic N) is 3. The van der Waals surface area contributed by atoms with Crippen molar-refractivity contribution >= 4 is 21.9 Å². The summed E-state index contributed by atoms with van der Waals surface area (Å²) < 4.78 is 35.8. The van der Waals surface area contributed by atoms with Crippen LogP contribution < -0.4 is 9.46 Å². The molecule has 0 unspecified atom stereocenters. The summed E-state index contributed by atoms with van der Waals surface area (Å²) in [6.07, 6.45) is -0.591. The quantitative estimate of drug-likeness (QED) is 0.314. The lowest BCUT2D eigenvalue weighted by Gasteiger charge is -2.26. The van der Waals surface area contributed by atoms with Crippen LogP contribution in [0.15, 0.2) is 77.7 Å². The van der Waals surface area contributed by atoms with Crippen LogP contribution in [0.3, 0.4) is 0 Å². The van der Waals surface area contributed by atoms with E-state index in [2.05, 4.69) is 47.6 Å². The molecule has 0 saturated carbocycles. The molecule has 4 bridgehead atoms. The standard InChI is InChI=1S/C32H34N4O4S/c1-20-9-7-10-21(2)29(20)26-18-28-34-31(33-26)35-41(38,39)25-12-8-11-23(17-25)30(37)36(6)19-27(40-28)22-13-15-24(16-14-22)32(3,4)5/h7-18,27H,19H2,1-6H3,(H,33,34,35)/t27-/m1/s1.